The highest BCUT2D eigenvalue weighted by Gasteiger charge is 2.17. The number of aromatic carboxylic acids is 1. The van der Waals surface area contributed by atoms with E-state index in [-0.39, 0.29) is 22.0 Å². The van der Waals surface area contributed by atoms with E-state index in [1.807, 2.05) is 26.0 Å². The molecule has 6 nitrogen and oxygen atoms in total. The first kappa shape index (κ1) is 21.1. The highest BCUT2D eigenvalue weighted by atomic mass is 35.5. The number of aryl methyl sites for hydroxylation is 2. The van der Waals surface area contributed by atoms with E-state index >= 15 is 0 Å². The summed E-state index contributed by atoms with van der Waals surface area (Å²) in [4.78, 5) is 28.0. The Bertz CT molecular complexity index is 1140. The van der Waals surface area contributed by atoms with Gasteiger partial charge in [0.15, 0.2) is 0 Å². The average Bonchev–Trinajstić information content (AvgIpc) is 2.72. The van der Waals surface area contributed by atoms with E-state index in [4.69, 9.17) is 21.4 Å². The highest BCUT2D eigenvalue weighted by Crippen LogP contribution is 2.27. The Morgan fingerprint density at radius 2 is 1.70 bits per heavy atom. The number of nitrogens with one attached hydrogen (secondary N) is 1. The molecule has 3 aromatic rings. The fraction of sp³-hybridized carbons (Fsp3) is 0.0870. The smallest absolute Gasteiger partial charge is 0.335 e. The van der Waals surface area contributed by atoms with Gasteiger partial charge in [-0.25, -0.2) is 9.78 Å². The lowest BCUT2D eigenvalue weighted by Gasteiger charge is -2.13. The molecule has 1 heterocycles. The van der Waals surface area contributed by atoms with Crippen molar-refractivity contribution in [3.05, 3.63) is 94.1 Å². The van der Waals surface area contributed by atoms with Crippen LogP contribution in [0.5, 0.6) is 11.6 Å². The van der Waals surface area contributed by atoms with E-state index in [2.05, 4.69) is 16.9 Å². The molecule has 2 N–H and O–H groups in total. The van der Waals surface area contributed by atoms with Gasteiger partial charge in [0.2, 0.25) is 5.88 Å². The van der Waals surface area contributed by atoms with Gasteiger partial charge >= 0.3 is 5.97 Å². The molecule has 0 saturated heterocycles. The summed E-state index contributed by atoms with van der Waals surface area (Å²) in [7, 11) is 0. The van der Waals surface area contributed by atoms with Crippen molar-refractivity contribution in [2.45, 2.75) is 13.8 Å². The van der Waals surface area contributed by atoms with Crippen LogP contribution in [0.25, 0.3) is 5.70 Å². The van der Waals surface area contributed by atoms with Crippen LogP contribution < -0.4 is 10.1 Å². The topological polar surface area (TPSA) is 88.5 Å². The van der Waals surface area contributed by atoms with Crippen LogP contribution in [0, 0.1) is 13.8 Å². The van der Waals surface area contributed by atoms with Crippen LogP contribution in [0.3, 0.4) is 0 Å². The van der Waals surface area contributed by atoms with Crippen molar-refractivity contribution in [2.24, 2.45) is 0 Å². The van der Waals surface area contributed by atoms with E-state index in [1.54, 1.807) is 18.2 Å². The molecule has 0 spiro atoms. The zero-order chi connectivity index (χ0) is 21.8. The maximum absolute atomic E-state index is 12.8. The molecule has 1 aromatic heterocycles. The fourth-order valence-electron chi connectivity index (χ4n) is 2.65. The fourth-order valence-corrected chi connectivity index (χ4v) is 2.81. The SMILES string of the molecule is C=C(NC(=O)c1cc(Cl)cnc1Oc1ccc(C)c(C)c1)c1ccc(C(=O)O)cc1. The van der Waals surface area contributed by atoms with Gasteiger partial charge in [-0.1, -0.05) is 36.4 Å². The Morgan fingerprint density at radius 1 is 1.03 bits per heavy atom. The number of rotatable bonds is 6. The van der Waals surface area contributed by atoms with Gasteiger partial charge in [0.1, 0.15) is 11.3 Å². The van der Waals surface area contributed by atoms with Crippen LogP contribution in [0.1, 0.15) is 37.4 Å². The molecule has 0 fully saturated rings. The van der Waals surface area contributed by atoms with E-state index in [9.17, 15) is 9.59 Å². The van der Waals surface area contributed by atoms with Gasteiger partial charge in [-0.15, -0.1) is 0 Å². The largest absolute Gasteiger partial charge is 0.478 e. The summed E-state index contributed by atoms with van der Waals surface area (Å²) in [5, 5.41) is 11.9. The number of benzene rings is 2. The van der Waals surface area contributed by atoms with Crippen molar-refractivity contribution in [2.75, 3.05) is 0 Å². The number of pyridine rings is 1. The number of carbonyl (C=O) groups excluding carboxylic acids is 1. The van der Waals surface area contributed by atoms with Crippen molar-refractivity contribution < 1.29 is 19.4 Å². The Balaban J connectivity index is 1.82. The summed E-state index contributed by atoms with van der Waals surface area (Å²) in [6.07, 6.45) is 1.40. The van der Waals surface area contributed by atoms with E-state index in [0.717, 1.165) is 11.1 Å². The van der Waals surface area contributed by atoms with Crippen molar-refractivity contribution >= 4 is 29.2 Å². The standard InChI is InChI=1S/C23H19ClN2O4/c1-13-4-9-19(10-14(13)2)30-22-20(11-18(24)12-25-22)21(27)26-15(3)16-5-7-17(8-6-16)23(28)29/h4-12H,3H2,1-2H3,(H,26,27)(H,28,29). The monoisotopic (exact) mass is 422 g/mol. The molecule has 152 valence electrons. The van der Waals surface area contributed by atoms with Gasteiger partial charge in [-0.2, -0.15) is 0 Å². The quantitative estimate of drug-likeness (QED) is 0.566. The summed E-state index contributed by atoms with van der Waals surface area (Å²) in [5.41, 5.74) is 3.32. The molecule has 0 aliphatic carbocycles. The Morgan fingerprint density at radius 3 is 2.33 bits per heavy atom. The molecule has 30 heavy (non-hydrogen) atoms. The summed E-state index contributed by atoms with van der Waals surface area (Å²) in [5.74, 6) is -0.885. The van der Waals surface area contributed by atoms with Crippen LogP contribution in [-0.4, -0.2) is 22.0 Å². The summed E-state index contributed by atoms with van der Waals surface area (Å²) in [6.45, 7) is 7.80. The lowest BCUT2D eigenvalue weighted by molar-refractivity contribution is 0.0696. The second-order valence-corrected chi connectivity index (χ2v) is 7.11. The Kier molecular flexibility index (Phi) is 6.18. The van der Waals surface area contributed by atoms with Crippen molar-refractivity contribution in [1.82, 2.24) is 10.3 Å². The molecule has 3 rings (SSSR count). The third-order valence-electron chi connectivity index (χ3n) is 4.50. The first-order valence-corrected chi connectivity index (χ1v) is 9.37. The van der Waals surface area contributed by atoms with E-state index in [0.29, 0.717) is 17.0 Å². The zero-order valence-corrected chi connectivity index (χ0v) is 17.2. The van der Waals surface area contributed by atoms with Crippen molar-refractivity contribution in [3.8, 4) is 11.6 Å². The number of carbonyl (C=O) groups is 2. The second kappa shape index (κ2) is 8.80. The maximum atomic E-state index is 12.8. The molecule has 7 heteroatoms. The third-order valence-corrected chi connectivity index (χ3v) is 4.71. The predicted octanol–water partition coefficient (Wildman–Crippen LogP) is 5.24. The lowest BCUT2D eigenvalue weighted by Crippen LogP contribution is -2.22. The first-order chi connectivity index (χ1) is 14.2. The van der Waals surface area contributed by atoms with Crippen LogP contribution in [-0.2, 0) is 0 Å². The Labute approximate surface area is 178 Å². The Hall–Kier alpha value is -3.64. The number of ether oxygens (including phenoxy) is 1. The number of amides is 1. The highest BCUT2D eigenvalue weighted by molar-refractivity contribution is 6.30. The second-order valence-electron chi connectivity index (χ2n) is 6.67. The molecule has 0 bridgehead atoms. The van der Waals surface area contributed by atoms with Gasteiger partial charge in [0, 0.05) is 11.9 Å². The first-order valence-electron chi connectivity index (χ1n) is 8.99. The minimum absolute atomic E-state index is 0.106. The number of aromatic nitrogens is 1. The zero-order valence-electron chi connectivity index (χ0n) is 16.4. The molecular weight excluding hydrogens is 404 g/mol. The van der Waals surface area contributed by atoms with Gasteiger partial charge in [-0.05, 0) is 60.9 Å². The van der Waals surface area contributed by atoms with Crippen molar-refractivity contribution in [1.29, 1.82) is 0 Å². The number of carboxylic acid groups (broad SMARTS) is 1. The minimum Gasteiger partial charge on any atom is -0.478 e. The molecule has 0 unspecified atom stereocenters. The number of hydrogen-bond acceptors (Lipinski definition) is 4. The minimum atomic E-state index is -1.03. The summed E-state index contributed by atoms with van der Waals surface area (Å²) >= 11 is 6.03. The normalized spacial score (nSPS) is 10.4. The van der Waals surface area contributed by atoms with Gasteiger partial charge in [0.05, 0.1) is 10.6 Å². The van der Waals surface area contributed by atoms with Crippen LogP contribution in [0.15, 0.2) is 61.3 Å². The molecule has 0 saturated carbocycles. The number of halogens is 1. The van der Waals surface area contributed by atoms with Crippen LogP contribution in [0.2, 0.25) is 5.02 Å². The van der Waals surface area contributed by atoms with Gasteiger partial charge < -0.3 is 15.2 Å². The molecule has 2 aromatic carbocycles. The van der Waals surface area contributed by atoms with Gasteiger partial charge in [-0.3, -0.25) is 4.79 Å². The van der Waals surface area contributed by atoms with Crippen LogP contribution >= 0.6 is 11.6 Å². The van der Waals surface area contributed by atoms with Crippen LogP contribution in [0.4, 0.5) is 0 Å². The maximum Gasteiger partial charge on any atom is 0.335 e. The molecule has 0 aliphatic heterocycles. The van der Waals surface area contributed by atoms with E-state index in [1.165, 1.54) is 24.4 Å². The lowest BCUT2D eigenvalue weighted by atomic mass is 10.1. The third kappa shape index (κ3) is 4.85. The average molecular weight is 423 g/mol. The van der Waals surface area contributed by atoms with Crippen molar-refractivity contribution in [3.63, 3.8) is 0 Å². The van der Waals surface area contributed by atoms with E-state index < -0.39 is 11.9 Å². The molecule has 1 amide bonds. The summed E-state index contributed by atoms with van der Waals surface area (Å²) < 4.78 is 5.83. The molecule has 0 atom stereocenters. The number of carboxylic acids is 1. The molecular formula is C23H19ClN2O4. The molecule has 0 radical (unpaired) electrons. The number of hydrogen-bond donors (Lipinski definition) is 2. The summed E-state index contributed by atoms with van der Waals surface area (Å²) in [6, 6.07) is 13.0. The van der Waals surface area contributed by atoms with Gasteiger partial charge in [0.25, 0.3) is 5.91 Å². The molecule has 0 aliphatic rings. The predicted molar refractivity (Wildman–Crippen MR) is 115 cm³/mol. The number of nitrogens with zero attached hydrogens (tertiary/aromatic N) is 1.